The van der Waals surface area contributed by atoms with E-state index in [9.17, 15) is 53.5 Å². The summed E-state index contributed by atoms with van der Waals surface area (Å²) in [5.41, 5.74) is 8.86. The SMILES string of the molecule is FC(F)(F)c1coc2cc(Nc3[nH]nc4ncccc34)ccc12.FC(F)(F)c1coc2cc(Nc3[nH]nc4nccnc34)ccc12.FC(F)(F)c1coc2cc(Nc3n[nH]c4cccnc34)ccc12.O=C(NC1CC(F)C1)c1noc2cc(Nc3n[nH]c4cccnc34)ccc12.O=C(NC1CCC1)c1noc2cc(Nc3n[nH]c4cccnc34)ccc12. The second-order valence-electron chi connectivity index (χ2n) is 27.7. The van der Waals surface area contributed by atoms with Crippen molar-refractivity contribution in [2.45, 2.75) is 68.9 Å². The van der Waals surface area contributed by atoms with Crippen LogP contribution in [-0.2, 0) is 18.5 Å². The summed E-state index contributed by atoms with van der Waals surface area (Å²) in [6, 6.07) is 38.8. The third kappa shape index (κ3) is 16.0. The molecule has 0 bridgehead atoms. The molecule has 22 rings (SSSR count). The number of nitrogens with one attached hydrogen (secondary N) is 12. The lowest BCUT2D eigenvalue weighted by Crippen LogP contribution is -2.45. The highest BCUT2D eigenvalue weighted by Gasteiger charge is 2.38. The van der Waals surface area contributed by atoms with Gasteiger partial charge in [-0.2, -0.15) is 65.0 Å². The molecule has 122 heavy (non-hydrogen) atoms. The van der Waals surface area contributed by atoms with Gasteiger partial charge in [0.05, 0.1) is 32.7 Å². The van der Waals surface area contributed by atoms with Crippen LogP contribution < -0.4 is 37.2 Å². The second-order valence-corrected chi connectivity index (χ2v) is 27.7. The summed E-state index contributed by atoms with van der Waals surface area (Å²) < 4.78 is 154. The Kier molecular flexibility index (Phi) is 20.1. The number of alkyl halides is 10. The predicted octanol–water partition coefficient (Wildman–Crippen LogP) is 19.0. The standard InChI is InChI=1S/C18H15FN6O2.C18H16N6O2.2C15H9F3N4O.C14H8F3N5O/c19-9-6-11(7-9)22-18(26)15-12-4-3-10(8-14(12)27-25-15)21-17-16-13(23-24-17)2-1-5-20-16;25-18(21-10-3-1-4-10)15-12-7-6-11(9-14(12)26-24-15)20-17-16-13(22-23-17)5-2-8-19-16;16-15(17,18)10-7-23-12-6-8(3-4-9(10)12)20-14-13-11(21-22-14)2-1-5-19-13;16-15(17,18)11-7-23-12-6-8(3-4-9(11)12)20-14-10-2-1-5-19-13(10)21-22-14;15-14(16,17)9-6-23-10-5-7(1-2-8(9)10)20-13-11-12(21-22-13)19-4-3-18-11/h1-5,8-9,11H,6-7H2,(H,22,26)(H2,21,23,24);2,5-10H,1,3-4H2,(H,21,25)(H2,20,22,23);1-7H,(H2,20,21,22);1-7H,(H2,19,20,21,22);1-6H,(H2,19,20,21,22). The zero-order valence-corrected chi connectivity index (χ0v) is 62.2. The number of nitrogens with zero attached hydrogens (tertiary/aromatic N) is 13. The van der Waals surface area contributed by atoms with Crippen LogP contribution in [0.1, 0.15) is 69.8 Å². The van der Waals surface area contributed by atoms with Gasteiger partial charge in [0.1, 0.15) is 80.8 Å². The number of rotatable bonds is 14. The van der Waals surface area contributed by atoms with Crippen molar-refractivity contribution in [3.63, 3.8) is 0 Å². The van der Waals surface area contributed by atoms with E-state index in [4.69, 9.17) is 22.3 Å². The number of H-pyrrole nitrogens is 5. The minimum Gasteiger partial charge on any atom is -0.464 e. The van der Waals surface area contributed by atoms with Crippen molar-refractivity contribution >= 4 is 179 Å². The molecule has 2 aliphatic carbocycles. The van der Waals surface area contributed by atoms with E-state index < -0.39 is 41.4 Å². The number of aromatic amines is 5. The average molecular weight is 1670 g/mol. The Bertz CT molecular complexity index is 6860. The monoisotopic (exact) mass is 1670 g/mol. The highest BCUT2D eigenvalue weighted by atomic mass is 19.4. The molecule has 32 nitrogen and oxygen atoms in total. The van der Waals surface area contributed by atoms with Gasteiger partial charge in [-0.05, 0) is 141 Å². The molecule has 0 spiro atoms. The first-order valence-corrected chi connectivity index (χ1v) is 37.0. The van der Waals surface area contributed by atoms with Crippen molar-refractivity contribution in [1.29, 1.82) is 0 Å². The lowest BCUT2D eigenvalue weighted by Gasteiger charge is -2.29. The van der Waals surface area contributed by atoms with E-state index in [0.29, 0.717) is 115 Å². The zero-order valence-electron chi connectivity index (χ0n) is 62.2. The van der Waals surface area contributed by atoms with Crippen LogP contribution in [0, 0.1) is 0 Å². The van der Waals surface area contributed by atoms with Gasteiger partial charge in [-0.3, -0.25) is 50.0 Å². The summed E-state index contributed by atoms with van der Waals surface area (Å²) in [4.78, 5) is 49.8. The maximum absolute atomic E-state index is 12.9. The van der Waals surface area contributed by atoms with Gasteiger partial charge < -0.3 is 59.5 Å². The fourth-order valence-corrected chi connectivity index (χ4v) is 13.4. The topological polar surface area (TPSA) is 431 Å². The van der Waals surface area contributed by atoms with E-state index in [1.165, 1.54) is 60.9 Å². The van der Waals surface area contributed by atoms with Crippen LogP contribution >= 0.6 is 0 Å². The number of hydrogen-bond donors (Lipinski definition) is 12. The number of halogens is 10. The largest absolute Gasteiger partial charge is 0.464 e. The van der Waals surface area contributed by atoms with Gasteiger partial charge in [0.25, 0.3) is 11.8 Å². The fourth-order valence-electron chi connectivity index (χ4n) is 13.4. The van der Waals surface area contributed by atoms with Gasteiger partial charge in [0, 0.05) is 124 Å². The number of benzene rings is 5. The van der Waals surface area contributed by atoms with Crippen molar-refractivity contribution in [3.8, 4) is 0 Å². The summed E-state index contributed by atoms with van der Waals surface area (Å²) in [6.45, 7) is 0. The minimum absolute atomic E-state index is 0.0114. The number of pyridine rings is 4. The normalized spacial score (nSPS) is 14.2. The number of anilines is 10. The molecule has 2 saturated carbocycles. The van der Waals surface area contributed by atoms with Crippen LogP contribution in [-0.4, -0.2) is 121 Å². The molecular formula is C80H57F10N25O7. The molecule has 614 valence electrons. The highest BCUT2D eigenvalue weighted by Crippen LogP contribution is 2.42. The van der Waals surface area contributed by atoms with Gasteiger partial charge in [-0.1, -0.05) is 10.3 Å². The maximum atomic E-state index is 12.9. The van der Waals surface area contributed by atoms with Crippen LogP contribution in [0.3, 0.4) is 0 Å². The maximum Gasteiger partial charge on any atom is 0.420 e. The summed E-state index contributed by atoms with van der Waals surface area (Å²) in [5.74, 6) is 2.27. The molecule has 2 aliphatic rings. The Hall–Kier alpha value is -16.1. The summed E-state index contributed by atoms with van der Waals surface area (Å²) in [7, 11) is 0. The lowest BCUT2D eigenvalue weighted by molar-refractivity contribution is -0.137. The van der Waals surface area contributed by atoms with Crippen LogP contribution in [0.4, 0.5) is 101 Å². The molecule has 15 aromatic heterocycles. The third-order valence-corrected chi connectivity index (χ3v) is 19.7. The molecule has 0 aliphatic heterocycles. The van der Waals surface area contributed by atoms with Crippen molar-refractivity contribution in [2.24, 2.45) is 0 Å². The van der Waals surface area contributed by atoms with Crippen LogP contribution in [0.5, 0.6) is 0 Å². The number of amides is 2. The van der Waals surface area contributed by atoms with Crippen molar-refractivity contribution < 1.29 is 75.8 Å². The first-order chi connectivity index (χ1) is 59.0. The Morgan fingerprint density at radius 2 is 0.738 bits per heavy atom. The van der Waals surface area contributed by atoms with E-state index in [2.05, 4.69) is 128 Å². The molecule has 2 amide bonds. The molecule has 0 radical (unpaired) electrons. The van der Waals surface area contributed by atoms with E-state index in [-0.39, 0.29) is 62.5 Å². The van der Waals surface area contributed by atoms with Gasteiger partial charge in [0.2, 0.25) is 5.65 Å². The third-order valence-electron chi connectivity index (χ3n) is 19.7. The predicted molar refractivity (Wildman–Crippen MR) is 426 cm³/mol. The zero-order chi connectivity index (χ0) is 84.0. The average Bonchev–Trinajstić information content (AvgIpc) is 1.64. The van der Waals surface area contributed by atoms with E-state index >= 15 is 0 Å². The van der Waals surface area contributed by atoms with Crippen LogP contribution in [0.25, 0.3) is 110 Å². The Labute approximate surface area is 673 Å². The summed E-state index contributed by atoms with van der Waals surface area (Å²) in [5, 5.41) is 66.0. The van der Waals surface area contributed by atoms with Gasteiger partial charge in [-0.15, -0.1) is 0 Å². The molecule has 0 saturated heterocycles. The van der Waals surface area contributed by atoms with E-state index in [1.54, 1.807) is 67.3 Å². The number of carbonyl (C=O) groups is 2. The lowest BCUT2D eigenvalue weighted by atomic mass is 9.90. The molecule has 42 heteroatoms. The van der Waals surface area contributed by atoms with Crippen molar-refractivity contribution in [3.05, 3.63) is 224 Å². The van der Waals surface area contributed by atoms with Gasteiger partial charge in [0.15, 0.2) is 57.0 Å². The quantitative estimate of drug-likeness (QED) is 0.0450. The molecule has 2 fully saturated rings. The van der Waals surface area contributed by atoms with Gasteiger partial charge >= 0.3 is 18.5 Å². The molecule has 0 atom stereocenters. The van der Waals surface area contributed by atoms with Crippen molar-refractivity contribution in [2.75, 3.05) is 26.6 Å². The molecule has 12 N–H and O–H groups in total. The molecular weight excluding hydrogens is 1610 g/mol. The number of aromatic nitrogens is 18. The van der Waals surface area contributed by atoms with Crippen LogP contribution in [0.2, 0.25) is 0 Å². The summed E-state index contributed by atoms with van der Waals surface area (Å²) >= 11 is 0. The van der Waals surface area contributed by atoms with E-state index in [0.717, 1.165) is 76.1 Å². The minimum atomic E-state index is -4.45. The smallest absolute Gasteiger partial charge is 0.420 e. The molecule has 5 aromatic carbocycles. The summed E-state index contributed by atoms with van der Waals surface area (Å²) in [6.07, 6.45) is 1.63. The number of hydrogen-bond acceptors (Lipinski definition) is 25. The fraction of sp³-hybridized carbons (Fsp3) is 0.138. The Morgan fingerprint density at radius 3 is 1.17 bits per heavy atom. The Morgan fingerprint density at radius 1 is 0.369 bits per heavy atom. The first kappa shape index (κ1) is 77.2. The second kappa shape index (κ2) is 31.8. The highest BCUT2D eigenvalue weighted by molar-refractivity contribution is 6.06. The van der Waals surface area contributed by atoms with Crippen LogP contribution in [0.15, 0.2) is 218 Å². The number of fused-ring (bicyclic) bond motifs is 10. The van der Waals surface area contributed by atoms with Gasteiger partial charge in [-0.25, -0.2) is 19.3 Å². The molecule has 0 unspecified atom stereocenters. The first-order valence-electron chi connectivity index (χ1n) is 37.0. The van der Waals surface area contributed by atoms with Crippen molar-refractivity contribution in [1.82, 2.24) is 102 Å². The number of carbonyl (C=O) groups excluding carboxylic acids is 2. The number of furan rings is 3. The molecule has 15 heterocycles. The van der Waals surface area contributed by atoms with E-state index in [1.807, 2.05) is 48.5 Å². The molecule has 20 aromatic rings. The Balaban J connectivity index is 0.000000104.